The zero-order valence-corrected chi connectivity index (χ0v) is 9.85. The number of hydrogen-bond acceptors (Lipinski definition) is 5. The molecule has 1 fully saturated rings. The lowest BCUT2D eigenvalue weighted by atomic mass is 10.3. The summed E-state index contributed by atoms with van der Waals surface area (Å²) in [6.45, 7) is 3.10. The van der Waals surface area contributed by atoms with Gasteiger partial charge in [0, 0.05) is 24.8 Å². The molecule has 0 saturated heterocycles. The van der Waals surface area contributed by atoms with E-state index in [1.54, 1.807) is 6.20 Å². The van der Waals surface area contributed by atoms with Crippen molar-refractivity contribution in [2.45, 2.75) is 31.8 Å². The Kier molecular flexibility index (Phi) is 3.24. The van der Waals surface area contributed by atoms with E-state index in [0.29, 0.717) is 12.0 Å². The molecule has 0 aliphatic heterocycles. The van der Waals surface area contributed by atoms with Gasteiger partial charge < -0.3 is 11.1 Å². The van der Waals surface area contributed by atoms with E-state index in [9.17, 15) is 0 Å². The number of nitrogens with one attached hydrogen (secondary N) is 1. The van der Waals surface area contributed by atoms with Gasteiger partial charge >= 0.3 is 0 Å². The molecule has 0 aromatic carbocycles. The molecule has 1 unspecified atom stereocenters. The lowest BCUT2D eigenvalue weighted by Gasteiger charge is -2.24. The third kappa shape index (κ3) is 2.82. The second-order valence-electron chi connectivity index (χ2n) is 4.43. The summed E-state index contributed by atoms with van der Waals surface area (Å²) in [6, 6.07) is 3.12. The molecule has 5 nitrogen and oxygen atoms in total. The largest absolute Gasteiger partial charge is 0.368 e. The predicted molar refractivity (Wildman–Crippen MR) is 65.2 cm³/mol. The maximum Gasteiger partial charge on any atom is 0.221 e. The Morgan fingerprint density at radius 2 is 2.38 bits per heavy atom. The van der Waals surface area contributed by atoms with Crippen LogP contribution in [0.5, 0.6) is 0 Å². The number of nitrogens with zero attached hydrogens (tertiary/aromatic N) is 3. The number of rotatable bonds is 5. The molecule has 3 N–H and O–H groups in total. The minimum absolute atomic E-state index is 0.313. The molecular formula is C11H19N5. The van der Waals surface area contributed by atoms with Gasteiger partial charge in [-0.25, -0.2) is 4.98 Å². The Bertz CT molecular complexity index is 350. The molecule has 16 heavy (non-hydrogen) atoms. The molecule has 1 aliphatic carbocycles. The summed E-state index contributed by atoms with van der Waals surface area (Å²) in [5.41, 5.74) is 5.51. The third-order valence-electron chi connectivity index (χ3n) is 3.07. The number of hydrogen-bond donors (Lipinski definition) is 2. The molecule has 0 radical (unpaired) electrons. The minimum Gasteiger partial charge on any atom is -0.368 e. The van der Waals surface area contributed by atoms with Crippen LogP contribution in [0.2, 0.25) is 0 Å². The first-order chi connectivity index (χ1) is 7.66. The number of nitrogen functional groups attached to an aromatic ring is 1. The van der Waals surface area contributed by atoms with Crippen LogP contribution in [-0.4, -0.2) is 40.5 Å². The van der Waals surface area contributed by atoms with E-state index in [2.05, 4.69) is 34.2 Å². The zero-order valence-electron chi connectivity index (χ0n) is 9.85. The van der Waals surface area contributed by atoms with Gasteiger partial charge in [0.05, 0.1) is 0 Å². The SMILES string of the molecule is CC(CNc1ccnc(N)n1)N(C)C1CC1. The molecule has 1 saturated carbocycles. The molecule has 5 heteroatoms. The lowest BCUT2D eigenvalue weighted by Crippen LogP contribution is -2.36. The van der Waals surface area contributed by atoms with Crippen molar-refractivity contribution in [2.24, 2.45) is 0 Å². The van der Waals surface area contributed by atoms with Crippen molar-refractivity contribution < 1.29 is 0 Å². The summed E-state index contributed by atoms with van der Waals surface area (Å²) in [5, 5.41) is 3.28. The minimum atomic E-state index is 0.313. The summed E-state index contributed by atoms with van der Waals surface area (Å²) in [5.74, 6) is 1.11. The lowest BCUT2D eigenvalue weighted by molar-refractivity contribution is 0.257. The topological polar surface area (TPSA) is 67.1 Å². The van der Waals surface area contributed by atoms with Crippen LogP contribution < -0.4 is 11.1 Å². The van der Waals surface area contributed by atoms with Crippen LogP contribution in [-0.2, 0) is 0 Å². The smallest absolute Gasteiger partial charge is 0.221 e. The van der Waals surface area contributed by atoms with Gasteiger partial charge in [-0.1, -0.05) is 0 Å². The molecule has 1 aliphatic rings. The standard InChI is InChI=1S/C11H19N5/c1-8(16(2)9-3-4-9)7-14-10-5-6-13-11(12)15-10/h5-6,8-9H,3-4,7H2,1-2H3,(H3,12,13,14,15). The Balaban J connectivity index is 1.82. The van der Waals surface area contributed by atoms with Crippen LogP contribution in [0, 0.1) is 0 Å². The van der Waals surface area contributed by atoms with Crippen molar-refractivity contribution in [3.63, 3.8) is 0 Å². The fraction of sp³-hybridized carbons (Fsp3) is 0.636. The third-order valence-corrected chi connectivity index (χ3v) is 3.07. The first kappa shape index (κ1) is 11.1. The first-order valence-electron chi connectivity index (χ1n) is 5.71. The second-order valence-corrected chi connectivity index (χ2v) is 4.43. The molecule has 0 spiro atoms. The number of nitrogens with two attached hydrogens (primary N) is 1. The van der Waals surface area contributed by atoms with Crippen molar-refractivity contribution in [3.05, 3.63) is 12.3 Å². The van der Waals surface area contributed by atoms with E-state index < -0.39 is 0 Å². The Morgan fingerprint density at radius 1 is 1.62 bits per heavy atom. The monoisotopic (exact) mass is 221 g/mol. The molecule has 1 heterocycles. The van der Waals surface area contributed by atoms with E-state index in [0.717, 1.165) is 18.4 Å². The highest BCUT2D eigenvalue weighted by molar-refractivity contribution is 5.37. The average Bonchev–Trinajstić information content (AvgIpc) is 3.09. The summed E-state index contributed by atoms with van der Waals surface area (Å²) in [4.78, 5) is 10.4. The Labute approximate surface area is 96.1 Å². The molecule has 1 aromatic rings. The second kappa shape index (κ2) is 4.65. The van der Waals surface area contributed by atoms with Gasteiger partial charge in [-0.2, -0.15) is 4.98 Å². The quantitative estimate of drug-likeness (QED) is 0.775. The fourth-order valence-corrected chi connectivity index (χ4v) is 1.71. The predicted octanol–water partition coefficient (Wildman–Crippen LogP) is 0.953. The number of likely N-dealkylation sites (N-methyl/N-ethyl adjacent to an activating group) is 1. The molecule has 0 amide bonds. The highest BCUT2D eigenvalue weighted by atomic mass is 15.2. The highest BCUT2D eigenvalue weighted by Gasteiger charge is 2.28. The maximum absolute atomic E-state index is 5.51. The van der Waals surface area contributed by atoms with Crippen LogP contribution in [0.1, 0.15) is 19.8 Å². The fourth-order valence-electron chi connectivity index (χ4n) is 1.71. The Hall–Kier alpha value is -1.36. The molecular weight excluding hydrogens is 202 g/mol. The van der Waals surface area contributed by atoms with Gasteiger partial charge in [-0.15, -0.1) is 0 Å². The van der Waals surface area contributed by atoms with Crippen LogP contribution >= 0.6 is 0 Å². The van der Waals surface area contributed by atoms with E-state index in [1.165, 1.54) is 12.8 Å². The van der Waals surface area contributed by atoms with Gasteiger partial charge in [-0.05, 0) is 32.9 Å². The summed E-state index contributed by atoms with van der Waals surface area (Å²) >= 11 is 0. The van der Waals surface area contributed by atoms with E-state index in [1.807, 2.05) is 6.07 Å². The zero-order chi connectivity index (χ0) is 11.5. The van der Waals surface area contributed by atoms with Crippen LogP contribution in [0.4, 0.5) is 11.8 Å². The molecule has 2 rings (SSSR count). The van der Waals surface area contributed by atoms with Gasteiger partial charge in [0.15, 0.2) is 0 Å². The van der Waals surface area contributed by atoms with Gasteiger partial charge in [0.2, 0.25) is 5.95 Å². The van der Waals surface area contributed by atoms with Crippen molar-refractivity contribution >= 4 is 11.8 Å². The molecule has 88 valence electrons. The molecule has 1 atom stereocenters. The van der Waals surface area contributed by atoms with Crippen LogP contribution in [0.3, 0.4) is 0 Å². The van der Waals surface area contributed by atoms with E-state index >= 15 is 0 Å². The van der Waals surface area contributed by atoms with Gasteiger partial charge in [0.25, 0.3) is 0 Å². The van der Waals surface area contributed by atoms with Crippen LogP contribution in [0.25, 0.3) is 0 Å². The maximum atomic E-state index is 5.51. The van der Waals surface area contributed by atoms with Gasteiger partial charge in [0.1, 0.15) is 5.82 Å². The van der Waals surface area contributed by atoms with Crippen molar-refractivity contribution in [3.8, 4) is 0 Å². The van der Waals surface area contributed by atoms with Crippen LogP contribution in [0.15, 0.2) is 12.3 Å². The molecule has 0 bridgehead atoms. The normalized spacial score (nSPS) is 17.4. The summed E-state index contributed by atoms with van der Waals surface area (Å²) in [7, 11) is 2.18. The van der Waals surface area contributed by atoms with Crippen molar-refractivity contribution in [1.82, 2.24) is 14.9 Å². The van der Waals surface area contributed by atoms with E-state index in [-0.39, 0.29) is 0 Å². The van der Waals surface area contributed by atoms with E-state index in [4.69, 9.17) is 5.73 Å². The Morgan fingerprint density at radius 3 is 3.00 bits per heavy atom. The van der Waals surface area contributed by atoms with Gasteiger partial charge in [-0.3, -0.25) is 4.90 Å². The highest BCUT2D eigenvalue weighted by Crippen LogP contribution is 2.26. The first-order valence-corrected chi connectivity index (χ1v) is 5.71. The van der Waals surface area contributed by atoms with Crippen molar-refractivity contribution in [2.75, 3.05) is 24.6 Å². The molecule has 1 aromatic heterocycles. The summed E-state index contributed by atoms with van der Waals surface area (Å²) < 4.78 is 0. The summed E-state index contributed by atoms with van der Waals surface area (Å²) in [6.07, 6.45) is 4.34. The average molecular weight is 221 g/mol. The number of aromatic nitrogens is 2. The van der Waals surface area contributed by atoms with Crippen molar-refractivity contribution in [1.29, 1.82) is 0 Å². The number of anilines is 2.